The molecule has 2 N–H and O–H groups in total. The molecule has 138 valence electrons. The first-order chi connectivity index (χ1) is 12.2. The Kier molecular flexibility index (Phi) is 6.20. The number of nitrogens with one attached hydrogen (secondary N) is 2. The number of halogens is 5. The minimum atomic E-state index is -4.66. The summed E-state index contributed by atoms with van der Waals surface area (Å²) in [5.41, 5.74) is -1.92. The fraction of sp³-hybridized carbons (Fsp3) is 0.176. The van der Waals surface area contributed by atoms with E-state index in [0.29, 0.717) is 0 Å². The smallest absolute Gasteiger partial charge is 0.350 e. The summed E-state index contributed by atoms with van der Waals surface area (Å²) >= 11 is 5.75. The minimum absolute atomic E-state index is 0.0781. The van der Waals surface area contributed by atoms with Crippen LogP contribution in [0.15, 0.2) is 42.5 Å². The first kappa shape index (κ1) is 19.7. The Balaban J connectivity index is 1.93. The lowest BCUT2D eigenvalue weighted by atomic mass is 10.1. The van der Waals surface area contributed by atoms with E-state index in [1.165, 1.54) is 24.3 Å². The number of rotatable bonds is 5. The third kappa shape index (κ3) is 4.72. The van der Waals surface area contributed by atoms with Crippen LogP contribution in [0.3, 0.4) is 0 Å². The van der Waals surface area contributed by atoms with E-state index in [9.17, 15) is 27.2 Å². The molecular formula is C17H13ClF4N2O2. The predicted molar refractivity (Wildman–Crippen MR) is 87.5 cm³/mol. The van der Waals surface area contributed by atoms with Gasteiger partial charge in [0.2, 0.25) is 0 Å². The zero-order valence-electron chi connectivity index (χ0n) is 13.2. The number of amides is 2. The molecular weight excluding hydrogens is 376 g/mol. The average molecular weight is 389 g/mol. The molecule has 0 bridgehead atoms. The molecule has 2 aromatic rings. The molecule has 0 radical (unpaired) electrons. The summed E-state index contributed by atoms with van der Waals surface area (Å²) in [6, 6.07) is 8.09. The first-order valence-electron chi connectivity index (χ1n) is 7.38. The molecule has 0 fully saturated rings. The van der Waals surface area contributed by atoms with Gasteiger partial charge >= 0.3 is 6.18 Å². The van der Waals surface area contributed by atoms with Crippen LogP contribution in [0.5, 0.6) is 0 Å². The molecule has 2 amide bonds. The molecule has 0 spiro atoms. The van der Waals surface area contributed by atoms with E-state index < -0.39 is 34.9 Å². The highest BCUT2D eigenvalue weighted by atomic mass is 35.5. The van der Waals surface area contributed by atoms with Crippen molar-refractivity contribution in [2.45, 2.75) is 6.18 Å². The second-order valence-electron chi connectivity index (χ2n) is 5.15. The van der Waals surface area contributed by atoms with Crippen molar-refractivity contribution in [1.82, 2.24) is 10.6 Å². The molecule has 2 rings (SSSR count). The Hall–Kier alpha value is -2.61. The Morgan fingerprint density at radius 3 is 2.15 bits per heavy atom. The molecule has 9 heteroatoms. The molecule has 2 aromatic carbocycles. The molecule has 0 aliphatic carbocycles. The van der Waals surface area contributed by atoms with Gasteiger partial charge in [0.15, 0.2) is 0 Å². The van der Waals surface area contributed by atoms with Crippen LogP contribution >= 0.6 is 11.6 Å². The molecule has 0 aliphatic heterocycles. The van der Waals surface area contributed by atoms with Crippen molar-refractivity contribution in [3.63, 3.8) is 0 Å². The largest absolute Gasteiger partial charge is 0.417 e. The normalized spacial score (nSPS) is 11.1. The second kappa shape index (κ2) is 8.18. The van der Waals surface area contributed by atoms with Crippen LogP contribution < -0.4 is 10.6 Å². The number of carbonyl (C=O) groups is 2. The van der Waals surface area contributed by atoms with Crippen LogP contribution in [-0.4, -0.2) is 24.9 Å². The molecule has 0 unspecified atom stereocenters. The zero-order valence-corrected chi connectivity index (χ0v) is 13.9. The lowest BCUT2D eigenvalue weighted by molar-refractivity contribution is -0.137. The van der Waals surface area contributed by atoms with Gasteiger partial charge in [-0.1, -0.05) is 29.8 Å². The van der Waals surface area contributed by atoms with Gasteiger partial charge in [0.1, 0.15) is 5.82 Å². The van der Waals surface area contributed by atoms with Crippen LogP contribution in [0.4, 0.5) is 17.6 Å². The molecule has 26 heavy (non-hydrogen) atoms. The SMILES string of the molecule is O=C(NCCNC(=O)c1c(F)cccc1Cl)c1ccccc1C(F)(F)F. The monoisotopic (exact) mass is 388 g/mol. The molecule has 0 aromatic heterocycles. The summed E-state index contributed by atoms with van der Waals surface area (Å²) in [6.07, 6.45) is -4.66. The van der Waals surface area contributed by atoms with Crippen molar-refractivity contribution in [3.05, 3.63) is 70.0 Å². The van der Waals surface area contributed by atoms with E-state index in [1.54, 1.807) is 0 Å². The number of alkyl halides is 3. The third-order valence-corrected chi connectivity index (χ3v) is 3.68. The number of benzene rings is 2. The van der Waals surface area contributed by atoms with Crippen molar-refractivity contribution in [2.24, 2.45) is 0 Å². The molecule has 0 heterocycles. The Bertz CT molecular complexity index is 804. The number of hydrogen-bond acceptors (Lipinski definition) is 2. The highest BCUT2D eigenvalue weighted by Gasteiger charge is 2.34. The van der Waals surface area contributed by atoms with Crippen LogP contribution in [-0.2, 0) is 6.18 Å². The molecule has 0 saturated heterocycles. The van der Waals surface area contributed by atoms with Crippen LogP contribution in [0, 0.1) is 5.82 Å². The highest BCUT2D eigenvalue weighted by molar-refractivity contribution is 6.33. The van der Waals surface area contributed by atoms with Crippen molar-refractivity contribution in [3.8, 4) is 0 Å². The lowest BCUT2D eigenvalue weighted by Crippen LogP contribution is -2.35. The Labute approximate surface area is 151 Å². The summed E-state index contributed by atoms with van der Waals surface area (Å²) in [6.45, 7) is -0.272. The maximum atomic E-state index is 13.6. The summed E-state index contributed by atoms with van der Waals surface area (Å²) < 4.78 is 52.2. The van der Waals surface area contributed by atoms with E-state index in [1.807, 2.05) is 0 Å². The van der Waals surface area contributed by atoms with Crippen molar-refractivity contribution in [2.75, 3.05) is 13.1 Å². The summed E-state index contributed by atoms with van der Waals surface area (Å²) in [5, 5.41) is 4.52. The van der Waals surface area contributed by atoms with Gasteiger partial charge in [0.25, 0.3) is 11.8 Å². The average Bonchev–Trinajstić information content (AvgIpc) is 2.57. The fourth-order valence-electron chi connectivity index (χ4n) is 2.18. The maximum absolute atomic E-state index is 13.6. The Morgan fingerprint density at radius 1 is 0.923 bits per heavy atom. The zero-order chi connectivity index (χ0) is 19.3. The van der Waals surface area contributed by atoms with Gasteiger partial charge in [-0.2, -0.15) is 13.2 Å². The summed E-state index contributed by atoms with van der Waals surface area (Å²) in [5.74, 6) is -2.53. The van der Waals surface area contributed by atoms with Crippen LogP contribution in [0.1, 0.15) is 26.3 Å². The molecule has 4 nitrogen and oxygen atoms in total. The van der Waals surface area contributed by atoms with E-state index >= 15 is 0 Å². The van der Waals surface area contributed by atoms with Gasteiger partial charge in [-0.25, -0.2) is 4.39 Å². The topological polar surface area (TPSA) is 58.2 Å². The Morgan fingerprint density at radius 2 is 1.54 bits per heavy atom. The molecule has 0 saturated carbocycles. The van der Waals surface area contributed by atoms with Gasteiger partial charge in [-0.15, -0.1) is 0 Å². The van der Waals surface area contributed by atoms with E-state index in [4.69, 9.17) is 11.6 Å². The quantitative estimate of drug-likeness (QED) is 0.606. The van der Waals surface area contributed by atoms with Gasteiger partial charge in [-0.3, -0.25) is 9.59 Å². The third-order valence-electron chi connectivity index (χ3n) is 3.36. The highest BCUT2D eigenvalue weighted by Crippen LogP contribution is 2.31. The van der Waals surface area contributed by atoms with Crippen molar-refractivity contribution >= 4 is 23.4 Å². The summed E-state index contributed by atoms with van der Waals surface area (Å²) in [7, 11) is 0. The number of hydrogen-bond donors (Lipinski definition) is 2. The van der Waals surface area contributed by atoms with Gasteiger partial charge in [0, 0.05) is 13.1 Å². The van der Waals surface area contributed by atoms with Crippen LogP contribution in [0.25, 0.3) is 0 Å². The fourth-order valence-corrected chi connectivity index (χ4v) is 2.43. The van der Waals surface area contributed by atoms with E-state index in [2.05, 4.69) is 10.6 Å². The summed E-state index contributed by atoms with van der Waals surface area (Å²) in [4.78, 5) is 23.8. The predicted octanol–water partition coefficient (Wildman–Crippen LogP) is 3.66. The van der Waals surface area contributed by atoms with E-state index in [-0.39, 0.29) is 23.7 Å². The first-order valence-corrected chi connectivity index (χ1v) is 7.76. The van der Waals surface area contributed by atoms with E-state index in [0.717, 1.165) is 18.2 Å². The number of carbonyl (C=O) groups excluding carboxylic acids is 2. The van der Waals surface area contributed by atoms with Gasteiger partial charge in [-0.05, 0) is 24.3 Å². The minimum Gasteiger partial charge on any atom is -0.350 e. The van der Waals surface area contributed by atoms with Crippen molar-refractivity contribution < 1.29 is 27.2 Å². The van der Waals surface area contributed by atoms with Gasteiger partial charge in [0.05, 0.1) is 21.7 Å². The van der Waals surface area contributed by atoms with Crippen molar-refractivity contribution in [1.29, 1.82) is 0 Å². The molecule has 0 aliphatic rings. The molecule has 0 atom stereocenters. The van der Waals surface area contributed by atoms with Gasteiger partial charge < -0.3 is 10.6 Å². The lowest BCUT2D eigenvalue weighted by Gasteiger charge is -2.13. The second-order valence-corrected chi connectivity index (χ2v) is 5.56. The standard InChI is InChI=1S/C17H13ClF4N2O2/c18-12-6-3-7-13(19)14(12)16(26)24-9-8-23-15(25)10-4-1-2-5-11(10)17(20,21)22/h1-7H,8-9H2,(H,23,25)(H,24,26). The maximum Gasteiger partial charge on any atom is 0.417 e. The van der Waals surface area contributed by atoms with Crippen LogP contribution in [0.2, 0.25) is 5.02 Å².